The lowest BCUT2D eigenvalue weighted by atomic mass is 9.87. The molecule has 1 aliphatic carbocycles. The lowest BCUT2D eigenvalue weighted by molar-refractivity contribution is -0.145. The molecule has 1 atom stereocenters. The van der Waals surface area contributed by atoms with Crippen molar-refractivity contribution in [2.75, 3.05) is 19.8 Å². The van der Waals surface area contributed by atoms with Gasteiger partial charge in [-0.05, 0) is 49.9 Å². The molecular formula is C16H23NO3. The van der Waals surface area contributed by atoms with Crippen molar-refractivity contribution in [1.29, 1.82) is 0 Å². The molecule has 0 radical (unpaired) electrons. The number of nitrogens with one attached hydrogen (secondary N) is 1. The summed E-state index contributed by atoms with van der Waals surface area (Å²) in [5, 5.41) is 3.51. The Hall–Kier alpha value is -1.55. The molecule has 1 aliphatic rings. The summed E-state index contributed by atoms with van der Waals surface area (Å²) in [6.45, 7) is 5.24. The van der Waals surface area contributed by atoms with E-state index in [0.717, 1.165) is 31.6 Å². The fourth-order valence-corrected chi connectivity index (χ4v) is 2.75. The Morgan fingerprint density at radius 3 is 3.00 bits per heavy atom. The van der Waals surface area contributed by atoms with Crippen LogP contribution in [-0.4, -0.2) is 25.7 Å². The Morgan fingerprint density at radius 1 is 1.40 bits per heavy atom. The van der Waals surface area contributed by atoms with Crippen molar-refractivity contribution in [3.8, 4) is 5.75 Å². The van der Waals surface area contributed by atoms with Gasteiger partial charge >= 0.3 is 5.97 Å². The summed E-state index contributed by atoms with van der Waals surface area (Å²) in [6.07, 6.45) is 3.31. The summed E-state index contributed by atoms with van der Waals surface area (Å²) < 4.78 is 10.5. The number of fused-ring (bicyclic) bond motifs is 1. The molecule has 0 amide bonds. The van der Waals surface area contributed by atoms with E-state index in [1.54, 1.807) is 6.92 Å². The van der Waals surface area contributed by atoms with Crippen LogP contribution in [0.15, 0.2) is 18.2 Å². The quantitative estimate of drug-likeness (QED) is 0.812. The molecule has 2 rings (SSSR count). The van der Waals surface area contributed by atoms with Gasteiger partial charge in [0.05, 0.1) is 6.61 Å². The average molecular weight is 277 g/mol. The molecule has 1 aromatic carbocycles. The van der Waals surface area contributed by atoms with Gasteiger partial charge in [0, 0.05) is 6.04 Å². The van der Waals surface area contributed by atoms with E-state index < -0.39 is 0 Å². The van der Waals surface area contributed by atoms with E-state index in [9.17, 15) is 4.79 Å². The molecule has 0 saturated heterocycles. The maximum Gasteiger partial charge on any atom is 0.344 e. The Morgan fingerprint density at radius 2 is 2.25 bits per heavy atom. The topological polar surface area (TPSA) is 47.6 Å². The second-order valence-electron chi connectivity index (χ2n) is 4.92. The van der Waals surface area contributed by atoms with E-state index in [1.165, 1.54) is 11.1 Å². The highest BCUT2D eigenvalue weighted by atomic mass is 16.6. The third-order valence-electron chi connectivity index (χ3n) is 3.57. The lowest BCUT2D eigenvalue weighted by Gasteiger charge is -2.27. The summed E-state index contributed by atoms with van der Waals surface area (Å²) in [4.78, 5) is 11.4. The van der Waals surface area contributed by atoms with Crippen molar-refractivity contribution in [3.05, 3.63) is 29.3 Å². The Balaban J connectivity index is 2.11. The molecule has 0 saturated carbocycles. The first kappa shape index (κ1) is 14.9. The van der Waals surface area contributed by atoms with Crippen molar-refractivity contribution >= 4 is 5.97 Å². The van der Waals surface area contributed by atoms with Gasteiger partial charge in [0.2, 0.25) is 0 Å². The lowest BCUT2D eigenvalue weighted by Crippen LogP contribution is -2.25. The first-order valence-electron chi connectivity index (χ1n) is 7.39. The standard InChI is InChI=1S/C16H23NO3/c1-3-17-14-9-5-8-13-12(14)7-6-10-15(13)20-11-16(18)19-4-2/h6-7,10,14,17H,3-5,8-9,11H2,1-2H3. The van der Waals surface area contributed by atoms with Crippen molar-refractivity contribution in [1.82, 2.24) is 5.32 Å². The highest BCUT2D eigenvalue weighted by Crippen LogP contribution is 2.35. The van der Waals surface area contributed by atoms with Crippen molar-refractivity contribution in [3.63, 3.8) is 0 Å². The minimum absolute atomic E-state index is 0.0177. The zero-order valence-corrected chi connectivity index (χ0v) is 12.3. The van der Waals surface area contributed by atoms with Crippen LogP contribution in [0.1, 0.15) is 43.9 Å². The molecule has 0 fully saturated rings. The summed E-state index contributed by atoms with van der Waals surface area (Å²) in [6, 6.07) is 6.48. The molecule has 110 valence electrons. The van der Waals surface area contributed by atoms with Gasteiger partial charge in [-0.1, -0.05) is 19.1 Å². The molecule has 20 heavy (non-hydrogen) atoms. The van der Waals surface area contributed by atoms with Crippen LogP contribution in [0.3, 0.4) is 0 Å². The van der Waals surface area contributed by atoms with Crippen molar-refractivity contribution in [2.45, 2.75) is 39.2 Å². The number of carbonyl (C=O) groups excluding carboxylic acids is 1. The summed E-state index contributed by atoms with van der Waals surface area (Å²) in [7, 11) is 0. The van der Waals surface area contributed by atoms with Gasteiger partial charge < -0.3 is 14.8 Å². The second-order valence-corrected chi connectivity index (χ2v) is 4.92. The van der Waals surface area contributed by atoms with E-state index in [4.69, 9.17) is 9.47 Å². The van der Waals surface area contributed by atoms with E-state index in [0.29, 0.717) is 12.6 Å². The molecular weight excluding hydrogens is 254 g/mol. The van der Waals surface area contributed by atoms with Crippen LogP contribution < -0.4 is 10.1 Å². The fraction of sp³-hybridized carbons (Fsp3) is 0.562. The van der Waals surface area contributed by atoms with E-state index in [-0.39, 0.29) is 12.6 Å². The van der Waals surface area contributed by atoms with Gasteiger partial charge in [-0.2, -0.15) is 0 Å². The number of ether oxygens (including phenoxy) is 2. The predicted octanol–water partition coefficient (Wildman–Crippen LogP) is 2.62. The minimum Gasteiger partial charge on any atom is -0.482 e. The second kappa shape index (κ2) is 7.29. The summed E-state index contributed by atoms with van der Waals surface area (Å²) >= 11 is 0. The number of esters is 1. The fourth-order valence-electron chi connectivity index (χ4n) is 2.75. The monoisotopic (exact) mass is 277 g/mol. The third-order valence-corrected chi connectivity index (χ3v) is 3.57. The molecule has 0 spiro atoms. The number of hydrogen-bond donors (Lipinski definition) is 1. The first-order valence-corrected chi connectivity index (χ1v) is 7.39. The summed E-state index contributed by atoms with van der Waals surface area (Å²) in [5.41, 5.74) is 2.54. The third kappa shape index (κ3) is 3.51. The maximum absolute atomic E-state index is 11.4. The SMILES string of the molecule is CCNC1CCCc2c(OCC(=O)OCC)cccc21. The van der Waals surface area contributed by atoms with Crippen molar-refractivity contribution < 1.29 is 14.3 Å². The van der Waals surface area contributed by atoms with Gasteiger partial charge in [0.25, 0.3) is 0 Å². The summed E-state index contributed by atoms with van der Waals surface area (Å²) in [5.74, 6) is 0.502. The van der Waals surface area contributed by atoms with Crippen LogP contribution in [0.5, 0.6) is 5.75 Å². The van der Waals surface area contributed by atoms with E-state index in [2.05, 4.69) is 18.3 Å². The van der Waals surface area contributed by atoms with Gasteiger partial charge in [0.1, 0.15) is 5.75 Å². The molecule has 1 N–H and O–H groups in total. The molecule has 4 heteroatoms. The Kier molecular flexibility index (Phi) is 5.41. The van der Waals surface area contributed by atoms with Crippen molar-refractivity contribution in [2.24, 2.45) is 0 Å². The number of rotatable bonds is 6. The van der Waals surface area contributed by atoms with E-state index >= 15 is 0 Å². The van der Waals surface area contributed by atoms with Crippen LogP contribution in [0.2, 0.25) is 0 Å². The Bertz CT molecular complexity index is 459. The minimum atomic E-state index is -0.316. The normalized spacial score (nSPS) is 17.4. The van der Waals surface area contributed by atoms with Crippen LogP contribution in [0.4, 0.5) is 0 Å². The largest absolute Gasteiger partial charge is 0.482 e. The molecule has 4 nitrogen and oxygen atoms in total. The first-order chi connectivity index (χ1) is 9.76. The maximum atomic E-state index is 11.4. The van der Waals surface area contributed by atoms with Gasteiger partial charge in [-0.3, -0.25) is 0 Å². The zero-order valence-electron chi connectivity index (χ0n) is 12.3. The van der Waals surface area contributed by atoms with E-state index in [1.807, 2.05) is 12.1 Å². The smallest absolute Gasteiger partial charge is 0.344 e. The molecule has 0 heterocycles. The molecule has 0 bridgehead atoms. The molecule has 1 unspecified atom stereocenters. The number of hydrogen-bond acceptors (Lipinski definition) is 4. The highest BCUT2D eigenvalue weighted by Gasteiger charge is 2.22. The van der Waals surface area contributed by atoms with Gasteiger partial charge in [-0.15, -0.1) is 0 Å². The molecule has 1 aromatic rings. The average Bonchev–Trinajstić information content (AvgIpc) is 2.46. The highest BCUT2D eigenvalue weighted by molar-refractivity contribution is 5.71. The molecule has 0 aliphatic heterocycles. The van der Waals surface area contributed by atoms with Crippen LogP contribution in [0, 0.1) is 0 Å². The number of benzene rings is 1. The Labute approximate surface area is 120 Å². The van der Waals surface area contributed by atoms with Gasteiger partial charge in [0.15, 0.2) is 6.61 Å². The zero-order chi connectivity index (χ0) is 14.4. The molecule has 0 aromatic heterocycles. The number of carbonyl (C=O) groups is 1. The van der Waals surface area contributed by atoms with Gasteiger partial charge in [-0.25, -0.2) is 4.79 Å². The predicted molar refractivity (Wildman–Crippen MR) is 77.9 cm³/mol. The van der Waals surface area contributed by atoms with Crippen LogP contribution >= 0.6 is 0 Å². The van der Waals surface area contributed by atoms with Crippen LogP contribution in [-0.2, 0) is 16.0 Å². The van der Waals surface area contributed by atoms with Crippen LogP contribution in [0.25, 0.3) is 0 Å².